The maximum atomic E-state index is 13.0. The molecule has 2 aromatic rings. The van der Waals surface area contributed by atoms with Gasteiger partial charge in [0.1, 0.15) is 5.75 Å². The summed E-state index contributed by atoms with van der Waals surface area (Å²) >= 11 is 0. The molecule has 1 saturated heterocycles. The van der Waals surface area contributed by atoms with Crippen molar-refractivity contribution in [2.45, 2.75) is 32.4 Å². The summed E-state index contributed by atoms with van der Waals surface area (Å²) in [6.45, 7) is 5.68. The fraction of sp³-hybridized carbons (Fsp3) is 0.364. The van der Waals surface area contributed by atoms with Crippen LogP contribution >= 0.6 is 0 Å². The number of aryl methyl sites for hydroxylation is 1. The Morgan fingerprint density at radius 1 is 1.18 bits per heavy atom. The Kier molecular flexibility index (Phi) is 5.05. The van der Waals surface area contributed by atoms with E-state index in [4.69, 9.17) is 14.6 Å². The number of hydroxylamine groups is 1. The van der Waals surface area contributed by atoms with Crippen LogP contribution in [0.2, 0.25) is 0 Å². The molecule has 6 nitrogen and oxygen atoms in total. The molecule has 0 aliphatic carbocycles. The first-order valence-electron chi connectivity index (χ1n) is 9.72. The second-order valence-electron chi connectivity index (χ2n) is 7.20. The summed E-state index contributed by atoms with van der Waals surface area (Å²) in [5.74, 6) is 1.38. The lowest BCUT2D eigenvalue weighted by Gasteiger charge is -2.35. The van der Waals surface area contributed by atoms with E-state index in [-0.39, 0.29) is 5.91 Å². The summed E-state index contributed by atoms with van der Waals surface area (Å²) in [5, 5.41) is 0. The van der Waals surface area contributed by atoms with Crippen molar-refractivity contribution >= 4 is 11.7 Å². The van der Waals surface area contributed by atoms with Crippen LogP contribution in [-0.4, -0.2) is 42.1 Å². The van der Waals surface area contributed by atoms with Gasteiger partial charge in [0.25, 0.3) is 5.91 Å². The average molecular weight is 379 g/mol. The zero-order valence-electron chi connectivity index (χ0n) is 16.3. The third-order valence-electron chi connectivity index (χ3n) is 5.23. The highest BCUT2D eigenvalue weighted by atomic mass is 16.7. The first-order valence-corrected chi connectivity index (χ1v) is 9.72. The van der Waals surface area contributed by atoms with Crippen molar-refractivity contribution in [2.24, 2.45) is 4.99 Å². The van der Waals surface area contributed by atoms with Crippen LogP contribution in [0, 0.1) is 6.92 Å². The number of carbonyl (C=O) groups is 1. The Morgan fingerprint density at radius 3 is 2.61 bits per heavy atom. The minimum absolute atomic E-state index is 0.00686. The van der Waals surface area contributed by atoms with Gasteiger partial charge in [-0.1, -0.05) is 42.0 Å². The number of nitrogens with zero attached hydrogens (tertiary/aromatic N) is 2. The molecule has 0 unspecified atom stereocenters. The lowest BCUT2D eigenvalue weighted by atomic mass is 10.00. The molecule has 0 aromatic heterocycles. The summed E-state index contributed by atoms with van der Waals surface area (Å²) in [6.07, 6.45) is 1.30. The third-order valence-corrected chi connectivity index (χ3v) is 5.23. The van der Waals surface area contributed by atoms with Crippen molar-refractivity contribution in [3.8, 4) is 5.75 Å². The highest BCUT2D eigenvalue weighted by molar-refractivity contribution is 5.99. The number of amidine groups is 1. The molecule has 4 rings (SSSR count). The molecule has 0 bridgehead atoms. The molecule has 0 saturated carbocycles. The fourth-order valence-corrected chi connectivity index (χ4v) is 3.60. The molecular weight excluding hydrogens is 354 g/mol. The fourth-order valence-electron chi connectivity index (χ4n) is 3.60. The van der Waals surface area contributed by atoms with E-state index in [2.05, 4.69) is 24.5 Å². The van der Waals surface area contributed by atoms with Crippen LogP contribution in [0.25, 0.3) is 0 Å². The smallest absolute Gasteiger partial charge is 0.257 e. The predicted molar refractivity (Wildman–Crippen MR) is 107 cm³/mol. The number of para-hydroxylation sites is 1. The lowest BCUT2D eigenvalue weighted by Crippen LogP contribution is -2.46. The van der Waals surface area contributed by atoms with Gasteiger partial charge in [-0.25, -0.2) is 15.3 Å². The summed E-state index contributed by atoms with van der Waals surface area (Å²) in [5.41, 5.74) is 5.20. The van der Waals surface area contributed by atoms with Crippen LogP contribution in [0.5, 0.6) is 5.75 Å². The largest absolute Gasteiger partial charge is 0.493 e. The zero-order chi connectivity index (χ0) is 19.6. The second kappa shape index (κ2) is 7.64. The Bertz CT molecular complexity index is 884. The quantitative estimate of drug-likeness (QED) is 0.885. The first-order chi connectivity index (χ1) is 13.6. The number of hydrogen-bond acceptors (Lipinski definition) is 5. The van der Waals surface area contributed by atoms with E-state index in [0.29, 0.717) is 43.9 Å². The molecule has 2 heterocycles. The molecule has 2 aliphatic heterocycles. The van der Waals surface area contributed by atoms with E-state index in [0.717, 1.165) is 11.4 Å². The number of nitrogens with one attached hydrogen (secondary N) is 1. The van der Waals surface area contributed by atoms with Crippen LogP contribution in [0.15, 0.2) is 53.5 Å². The summed E-state index contributed by atoms with van der Waals surface area (Å²) in [6, 6.07) is 15.6. The molecule has 1 spiro atoms. The zero-order valence-corrected chi connectivity index (χ0v) is 16.3. The van der Waals surface area contributed by atoms with Crippen molar-refractivity contribution in [3.63, 3.8) is 0 Å². The standard InChI is InChI=1S/C22H25N3O3/c1-3-27-19-7-5-4-6-18(19)21(26)25-14-12-22(13-15-25)23-20(24-28-22)17-10-8-16(2)9-11-17/h4-11H,3,12-15H2,1-2H3,(H,23,24). The van der Waals surface area contributed by atoms with Gasteiger partial charge in [-0.15, -0.1) is 0 Å². The monoisotopic (exact) mass is 379 g/mol. The van der Waals surface area contributed by atoms with Gasteiger partial charge in [0.05, 0.1) is 12.2 Å². The van der Waals surface area contributed by atoms with Crippen LogP contribution in [0.1, 0.15) is 41.3 Å². The first kappa shape index (κ1) is 18.5. The molecule has 0 radical (unpaired) electrons. The molecule has 0 atom stereocenters. The molecular formula is C22H25N3O3. The van der Waals surface area contributed by atoms with Gasteiger partial charge in [0, 0.05) is 31.5 Å². The van der Waals surface area contributed by atoms with Crippen molar-refractivity contribution < 1.29 is 14.4 Å². The predicted octanol–water partition coefficient (Wildman–Crippen LogP) is 3.31. The summed E-state index contributed by atoms with van der Waals surface area (Å²) < 4.78 is 5.61. The van der Waals surface area contributed by atoms with Gasteiger partial charge in [-0.05, 0) is 26.0 Å². The van der Waals surface area contributed by atoms with E-state index in [1.165, 1.54) is 5.56 Å². The maximum Gasteiger partial charge on any atom is 0.257 e. The lowest BCUT2D eigenvalue weighted by molar-refractivity contribution is -0.0849. The molecule has 6 heteroatoms. The number of rotatable bonds is 4. The summed E-state index contributed by atoms with van der Waals surface area (Å²) in [7, 11) is 0. The van der Waals surface area contributed by atoms with Crippen LogP contribution < -0.4 is 10.2 Å². The van der Waals surface area contributed by atoms with Crippen molar-refractivity contribution in [2.75, 3.05) is 19.7 Å². The minimum atomic E-state index is -0.601. The number of carbonyl (C=O) groups excluding carboxylic acids is 1. The van der Waals surface area contributed by atoms with Crippen LogP contribution in [0.4, 0.5) is 0 Å². The molecule has 1 N–H and O–H groups in total. The number of likely N-dealkylation sites (tertiary alicyclic amines) is 1. The van der Waals surface area contributed by atoms with Crippen LogP contribution in [0.3, 0.4) is 0 Å². The van der Waals surface area contributed by atoms with Gasteiger partial charge in [-0.3, -0.25) is 4.79 Å². The Morgan fingerprint density at radius 2 is 1.89 bits per heavy atom. The van der Waals surface area contributed by atoms with E-state index in [1.807, 2.05) is 48.2 Å². The van der Waals surface area contributed by atoms with Crippen molar-refractivity contribution in [1.82, 2.24) is 10.4 Å². The van der Waals surface area contributed by atoms with Crippen molar-refractivity contribution in [1.29, 1.82) is 0 Å². The number of ether oxygens (including phenoxy) is 1. The van der Waals surface area contributed by atoms with E-state index >= 15 is 0 Å². The summed E-state index contributed by atoms with van der Waals surface area (Å²) in [4.78, 5) is 25.5. The van der Waals surface area contributed by atoms with Crippen molar-refractivity contribution in [3.05, 3.63) is 65.2 Å². The Balaban J connectivity index is 1.45. The number of aliphatic imine (C=N–C) groups is 1. The minimum Gasteiger partial charge on any atom is -0.493 e. The number of hydrogen-bond donors (Lipinski definition) is 1. The average Bonchev–Trinajstić information content (AvgIpc) is 3.13. The highest BCUT2D eigenvalue weighted by Gasteiger charge is 2.41. The number of benzene rings is 2. The number of amides is 1. The maximum absolute atomic E-state index is 13.0. The van der Waals surface area contributed by atoms with Gasteiger partial charge >= 0.3 is 0 Å². The van der Waals surface area contributed by atoms with Crippen LogP contribution in [-0.2, 0) is 4.84 Å². The van der Waals surface area contributed by atoms with Gasteiger partial charge in [0.2, 0.25) is 0 Å². The molecule has 1 amide bonds. The molecule has 2 aliphatic rings. The van der Waals surface area contributed by atoms with E-state index in [9.17, 15) is 4.79 Å². The van der Waals surface area contributed by atoms with Gasteiger partial charge in [0.15, 0.2) is 11.6 Å². The second-order valence-corrected chi connectivity index (χ2v) is 7.20. The molecule has 1 fully saturated rings. The van der Waals surface area contributed by atoms with E-state index in [1.54, 1.807) is 0 Å². The normalized spacial score (nSPS) is 17.9. The molecule has 146 valence electrons. The highest BCUT2D eigenvalue weighted by Crippen LogP contribution is 2.32. The molecule has 2 aromatic carbocycles. The van der Waals surface area contributed by atoms with Gasteiger partial charge < -0.3 is 9.64 Å². The Labute approximate surface area is 165 Å². The third kappa shape index (κ3) is 3.60. The van der Waals surface area contributed by atoms with E-state index < -0.39 is 5.72 Å². The Hall–Kier alpha value is -2.86. The number of piperidine rings is 1. The molecule has 28 heavy (non-hydrogen) atoms. The topological polar surface area (TPSA) is 63.2 Å². The van der Waals surface area contributed by atoms with Gasteiger partial charge in [-0.2, -0.15) is 0 Å². The SMILES string of the molecule is CCOc1ccccc1C(=O)N1CCC2(CC1)N=C(c1ccc(C)cc1)NO2.